The Morgan fingerprint density at radius 1 is 1.08 bits per heavy atom. The number of hydrogen-bond acceptors (Lipinski definition) is 4. The van der Waals surface area contributed by atoms with Gasteiger partial charge in [-0.25, -0.2) is 8.42 Å². The van der Waals surface area contributed by atoms with Gasteiger partial charge in [-0.2, -0.15) is 16.5 Å². The lowest BCUT2D eigenvalue weighted by Crippen LogP contribution is -2.46. The Morgan fingerprint density at radius 2 is 1.73 bits per heavy atom. The normalized spacial score (nSPS) is 12.5. The molecule has 0 aliphatic carbocycles. The summed E-state index contributed by atoms with van der Waals surface area (Å²) in [4.78, 5) is 12.7. The van der Waals surface area contributed by atoms with Crippen molar-refractivity contribution in [2.45, 2.75) is 30.8 Å². The fourth-order valence-electron chi connectivity index (χ4n) is 2.36. The lowest BCUT2D eigenvalue weighted by molar-refractivity contribution is -0.122. The molecule has 0 radical (unpaired) electrons. The number of rotatable bonds is 9. The molecule has 2 N–H and O–H groups in total. The molecule has 140 valence electrons. The van der Waals surface area contributed by atoms with E-state index >= 15 is 0 Å². The topological polar surface area (TPSA) is 75.3 Å². The standard InChI is InChI=1S/C19H24N2O3S2/c1-15-8-10-17(11-9-15)26(23,24)21-18(12-13-25-2)19(22)20-14-16-6-4-3-5-7-16/h3-11,18,21H,12-14H2,1-2H3,(H,20,22). The molecule has 0 bridgehead atoms. The van der Waals surface area contributed by atoms with E-state index in [1.54, 1.807) is 36.0 Å². The maximum absolute atomic E-state index is 12.6. The first-order valence-corrected chi connectivity index (χ1v) is 11.2. The average molecular weight is 393 g/mol. The summed E-state index contributed by atoms with van der Waals surface area (Å²) >= 11 is 1.57. The van der Waals surface area contributed by atoms with Crippen molar-refractivity contribution in [3.8, 4) is 0 Å². The summed E-state index contributed by atoms with van der Waals surface area (Å²) in [6.45, 7) is 2.25. The van der Waals surface area contributed by atoms with Gasteiger partial charge >= 0.3 is 0 Å². The van der Waals surface area contributed by atoms with Gasteiger partial charge in [0.05, 0.1) is 4.90 Å². The molecule has 0 aromatic heterocycles. The zero-order valence-electron chi connectivity index (χ0n) is 14.9. The monoisotopic (exact) mass is 392 g/mol. The van der Waals surface area contributed by atoms with E-state index in [9.17, 15) is 13.2 Å². The van der Waals surface area contributed by atoms with Crippen LogP contribution >= 0.6 is 11.8 Å². The molecule has 1 atom stereocenters. The Balaban J connectivity index is 2.07. The summed E-state index contributed by atoms with van der Waals surface area (Å²) in [5.41, 5.74) is 1.94. The van der Waals surface area contributed by atoms with E-state index in [0.29, 0.717) is 18.7 Å². The quantitative estimate of drug-likeness (QED) is 0.688. The van der Waals surface area contributed by atoms with Gasteiger partial charge in [-0.1, -0.05) is 48.0 Å². The predicted octanol–water partition coefficient (Wildman–Crippen LogP) is 2.71. The predicted molar refractivity (Wildman–Crippen MR) is 107 cm³/mol. The molecule has 0 aliphatic heterocycles. The van der Waals surface area contributed by atoms with E-state index in [2.05, 4.69) is 10.0 Å². The minimum atomic E-state index is -3.75. The van der Waals surface area contributed by atoms with Crippen molar-refractivity contribution in [2.75, 3.05) is 12.0 Å². The second-order valence-electron chi connectivity index (χ2n) is 5.97. The highest BCUT2D eigenvalue weighted by molar-refractivity contribution is 7.98. The number of thioether (sulfide) groups is 1. The highest BCUT2D eigenvalue weighted by Gasteiger charge is 2.25. The minimum Gasteiger partial charge on any atom is -0.351 e. The van der Waals surface area contributed by atoms with Crippen molar-refractivity contribution >= 4 is 27.7 Å². The van der Waals surface area contributed by atoms with Gasteiger partial charge in [0.25, 0.3) is 0 Å². The third kappa shape index (κ3) is 6.16. The molecule has 2 rings (SSSR count). The molecule has 0 aliphatic rings. The van der Waals surface area contributed by atoms with Crippen LogP contribution in [0, 0.1) is 6.92 Å². The highest BCUT2D eigenvalue weighted by Crippen LogP contribution is 2.12. The van der Waals surface area contributed by atoms with Crippen molar-refractivity contribution in [3.05, 3.63) is 65.7 Å². The molecule has 1 amide bonds. The van der Waals surface area contributed by atoms with Gasteiger partial charge in [0, 0.05) is 6.54 Å². The van der Waals surface area contributed by atoms with E-state index in [1.165, 1.54) is 0 Å². The zero-order valence-corrected chi connectivity index (χ0v) is 16.6. The molecule has 0 saturated heterocycles. The number of hydrogen-bond donors (Lipinski definition) is 2. The number of amides is 1. The van der Waals surface area contributed by atoms with E-state index < -0.39 is 16.1 Å². The number of benzene rings is 2. The first-order chi connectivity index (χ1) is 12.4. The van der Waals surface area contributed by atoms with Crippen molar-refractivity contribution in [2.24, 2.45) is 0 Å². The maximum atomic E-state index is 12.6. The highest BCUT2D eigenvalue weighted by atomic mass is 32.2. The first kappa shape index (κ1) is 20.5. The number of nitrogens with one attached hydrogen (secondary N) is 2. The molecule has 0 saturated carbocycles. The molecule has 2 aromatic carbocycles. The Bertz CT molecular complexity index is 806. The molecule has 26 heavy (non-hydrogen) atoms. The third-order valence-corrected chi connectivity index (χ3v) is 6.00. The van der Waals surface area contributed by atoms with Gasteiger partial charge in [-0.05, 0) is 43.0 Å². The second kappa shape index (κ2) is 9.75. The Hall–Kier alpha value is -1.83. The molecule has 5 nitrogen and oxygen atoms in total. The average Bonchev–Trinajstić information content (AvgIpc) is 2.64. The Kier molecular flexibility index (Phi) is 7.68. The van der Waals surface area contributed by atoms with Crippen LogP contribution in [0.5, 0.6) is 0 Å². The van der Waals surface area contributed by atoms with E-state index in [0.717, 1.165) is 11.1 Å². The maximum Gasteiger partial charge on any atom is 0.241 e. The molecule has 0 heterocycles. The van der Waals surface area contributed by atoms with Crippen LogP contribution in [-0.2, 0) is 21.4 Å². The van der Waals surface area contributed by atoms with Crippen molar-refractivity contribution < 1.29 is 13.2 Å². The molecule has 0 spiro atoms. The SMILES string of the molecule is CSCCC(NS(=O)(=O)c1ccc(C)cc1)C(=O)NCc1ccccc1. The molecular formula is C19H24N2O3S2. The molecular weight excluding hydrogens is 368 g/mol. The summed E-state index contributed by atoms with van der Waals surface area (Å²) in [6.07, 6.45) is 2.35. The van der Waals surface area contributed by atoms with Crippen LogP contribution in [0.3, 0.4) is 0 Å². The second-order valence-corrected chi connectivity index (χ2v) is 8.67. The summed E-state index contributed by atoms with van der Waals surface area (Å²) in [6, 6.07) is 15.3. The largest absolute Gasteiger partial charge is 0.351 e. The summed E-state index contributed by atoms with van der Waals surface area (Å²) in [5.74, 6) is 0.360. The summed E-state index contributed by atoms with van der Waals surface area (Å²) in [5, 5.41) is 2.82. The number of aryl methyl sites for hydroxylation is 1. The van der Waals surface area contributed by atoms with Gasteiger partial charge in [-0.15, -0.1) is 0 Å². The summed E-state index contributed by atoms with van der Waals surface area (Å²) < 4.78 is 27.7. The fourth-order valence-corrected chi connectivity index (χ4v) is 4.06. The van der Waals surface area contributed by atoms with E-state index in [4.69, 9.17) is 0 Å². The molecule has 1 unspecified atom stereocenters. The summed E-state index contributed by atoms with van der Waals surface area (Å²) in [7, 11) is -3.75. The van der Waals surface area contributed by atoms with Gasteiger partial charge < -0.3 is 5.32 Å². The zero-order chi connectivity index (χ0) is 19.0. The first-order valence-electron chi connectivity index (χ1n) is 8.32. The number of sulfonamides is 1. The van der Waals surface area contributed by atoms with Crippen LogP contribution < -0.4 is 10.0 Å². The Labute approximate surface area is 159 Å². The lowest BCUT2D eigenvalue weighted by Gasteiger charge is -2.18. The van der Waals surface area contributed by atoms with E-state index in [-0.39, 0.29) is 10.8 Å². The molecule has 7 heteroatoms. The molecule has 0 fully saturated rings. The third-order valence-electron chi connectivity index (χ3n) is 3.87. The van der Waals surface area contributed by atoms with Crippen molar-refractivity contribution in [1.82, 2.24) is 10.0 Å². The number of carbonyl (C=O) groups is 1. The van der Waals surface area contributed by atoms with Crippen LogP contribution in [0.1, 0.15) is 17.5 Å². The van der Waals surface area contributed by atoms with Gasteiger partial charge in [0.15, 0.2) is 0 Å². The molecule has 2 aromatic rings. The smallest absolute Gasteiger partial charge is 0.241 e. The number of carbonyl (C=O) groups excluding carboxylic acids is 1. The van der Waals surface area contributed by atoms with Gasteiger partial charge in [-0.3, -0.25) is 4.79 Å². The Morgan fingerprint density at radius 3 is 2.35 bits per heavy atom. The van der Waals surface area contributed by atoms with Crippen molar-refractivity contribution in [3.63, 3.8) is 0 Å². The van der Waals surface area contributed by atoms with Crippen LogP contribution in [0.25, 0.3) is 0 Å². The van der Waals surface area contributed by atoms with E-state index in [1.807, 2.05) is 43.5 Å². The minimum absolute atomic E-state index is 0.160. The van der Waals surface area contributed by atoms with Crippen molar-refractivity contribution in [1.29, 1.82) is 0 Å². The van der Waals surface area contributed by atoms with Crippen LogP contribution in [0.15, 0.2) is 59.5 Å². The van der Waals surface area contributed by atoms with Crippen LogP contribution in [0.4, 0.5) is 0 Å². The van der Waals surface area contributed by atoms with Crippen LogP contribution in [0.2, 0.25) is 0 Å². The fraction of sp³-hybridized carbons (Fsp3) is 0.316. The van der Waals surface area contributed by atoms with Gasteiger partial charge in [0.2, 0.25) is 15.9 Å². The van der Waals surface area contributed by atoms with Gasteiger partial charge in [0.1, 0.15) is 6.04 Å². The lowest BCUT2D eigenvalue weighted by atomic mass is 10.2. The van der Waals surface area contributed by atoms with Crippen LogP contribution in [-0.4, -0.2) is 32.4 Å².